The van der Waals surface area contributed by atoms with E-state index in [4.69, 9.17) is 26.8 Å². The van der Waals surface area contributed by atoms with Crippen molar-refractivity contribution >= 4 is 28.8 Å². The number of nitrogens with two attached hydrogens (primary N) is 1. The van der Waals surface area contributed by atoms with E-state index in [-0.39, 0.29) is 0 Å². The van der Waals surface area contributed by atoms with E-state index in [0.29, 0.717) is 41.2 Å². The van der Waals surface area contributed by atoms with E-state index in [1.807, 2.05) is 32.0 Å². The molecule has 112 valence electrons. The molecule has 0 unspecified atom stereocenters. The topological polar surface area (TPSA) is 69.4 Å². The molecule has 0 spiro atoms. The van der Waals surface area contributed by atoms with Crippen LogP contribution in [0.1, 0.15) is 13.8 Å². The Morgan fingerprint density at radius 2 is 1.86 bits per heavy atom. The first-order valence-corrected chi connectivity index (χ1v) is 7.09. The van der Waals surface area contributed by atoms with Crippen LogP contribution < -0.4 is 20.5 Å². The summed E-state index contributed by atoms with van der Waals surface area (Å²) >= 11 is 5.84. The molecule has 5 nitrogen and oxygen atoms in total. The number of hydrogen-bond acceptors (Lipinski definition) is 5. The van der Waals surface area contributed by atoms with Crippen LogP contribution in [0.2, 0.25) is 5.02 Å². The standard InChI is InChI=1S/C15H18ClN3O2/c1-3-20-13-6-5-11(8-14(13)21-4-2)19-15-12(17)7-10(16)9-18-15/h5-9H,3-4,17H2,1-2H3,(H,18,19). The van der Waals surface area contributed by atoms with Gasteiger partial charge in [0.25, 0.3) is 0 Å². The SMILES string of the molecule is CCOc1ccc(Nc2ncc(Cl)cc2N)cc1OCC. The third-order valence-electron chi connectivity index (χ3n) is 2.69. The van der Waals surface area contributed by atoms with Crippen molar-refractivity contribution < 1.29 is 9.47 Å². The second kappa shape index (κ2) is 7.04. The van der Waals surface area contributed by atoms with Crippen molar-refractivity contribution in [1.29, 1.82) is 0 Å². The molecule has 1 heterocycles. The van der Waals surface area contributed by atoms with Gasteiger partial charge in [-0.3, -0.25) is 0 Å². The molecule has 1 aromatic carbocycles. The number of hydrogen-bond donors (Lipinski definition) is 2. The van der Waals surface area contributed by atoms with Gasteiger partial charge in [0, 0.05) is 18.0 Å². The largest absolute Gasteiger partial charge is 0.490 e. The molecule has 0 fully saturated rings. The predicted octanol–water partition coefficient (Wildman–Crippen LogP) is 3.86. The van der Waals surface area contributed by atoms with Crippen LogP contribution in [0.25, 0.3) is 0 Å². The minimum absolute atomic E-state index is 0.481. The molecule has 2 aromatic rings. The van der Waals surface area contributed by atoms with Crippen molar-refractivity contribution in [1.82, 2.24) is 4.98 Å². The van der Waals surface area contributed by atoms with Gasteiger partial charge >= 0.3 is 0 Å². The van der Waals surface area contributed by atoms with Gasteiger partial charge in [-0.2, -0.15) is 0 Å². The Labute approximate surface area is 129 Å². The zero-order chi connectivity index (χ0) is 15.2. The van der Waals surface area contributed by atoms with Crippen molar-refractivity contribution in [3.63, 3.8) is 0 Å². The summed E-state index contributed by atoms with van der Waals surface area (Å²) in [6, 6.07) is 7.23. The number of nitrogen functional groups attached to an aromatic ring is 1. The highest BCUT2D eigenvalue weighted by Crippen LogP contribution is 2.32. The van der Waals surface area contributed by atoms with E-state index in [2.05, 4.69) is 10.3 Å². The molecule has 0 aliphatic carbocycles. The lowest BCUT2D eigenvalue weighted by molar-refractivity contribution is 0.288. The number of halogens is 1. The summed E-state index contributed by atoms with van der Waals surface area (Å²) in [6.07, 6.45) is 1.54. The van der Waals surface area contributed by atoms with E-state index in [1.165, 1.54) is 6.20 Å². The Morgan fingerprint density at radius 1 is 1.14 bits per heavy atom. The molecule has 0 bridgehead atoms. The Hall–Kier alpha value is -2.14. The molecule has 0 aliphatic heterocycles. The van der Waals surface area contributed by atoms with Crippen molar-refractivity contribution in [3.05, 3.63) is 35.5 Å². The lowest BCUT2D eigenvalue weighted by atomic mass is 10.2. The van der Waals surface area contributed by atoms with Crippen LogP contribution in [0.4, 0.5) is 17.2 Å². The number of pyridine rings is 1. The van der Waals surface area contributed by atoms with Gasteiger partial charge in [-0.1, -0.05) is 11.6 Å². The van der Waals surface area contributed by atoms with E-state index in [1.54, 1.807) is 6.07 Å². The number of anilines is 3. The molecular formula is C15H18ClN3O2. The molecule has 1 aromatic heterocycles. The molecule has 3 N–H and O–H groups in total. The van der Waals surface area contributed by atoms with E-state index < -0.39 is 0 Å². The van der Waals surface area contributed by atoms with Crippen molar-refractivity contribution in [3.8, 4) is 11.5 Å². The maximum Gasteiger partial charge on any atom is 0.163 e. The van der Waals surface area contributed by atoms with Gasteiger partial charge in [0.05, 0.1) is 23.9 Å². The first kappa shape index (κ1) is 15.3. The van der Waals surface area contributed by atoms with E-state index >= 15 is 0 Å². The highest BCUT2D eigenvalue weighted by Gasteiger charge is 2.08. The van der Waals surface area contributed by atoms with Crippen molar-refractivity contribution in [2.45, 2.75) is 13.8 Å². The highest BCUT2D eigenvalue weighted by molar-refractivity contribution is 6.30. The molecule has 0 amide bonds. The molecule has 21 heavy (non-hydrogen) atoms. The Balaban J connectivity index is 2.25. The number of benzene rings is 1. The quantitative estimate of drug-likeness (QED) is 0.848. The lowest BCUT2D eigenvalue weighted by Gasteiger charge is -2.14. The van der Waals surface area contributed by atoms with Gasteiger partial charge in [-0.15, -0.1) is 0 Å². The summed E-state index contributed by atoms with van der Waals surface area (Å²) in [5, 5.41) is 3.64. The summed E-state index contributed by atoms with van der Waals surface area (Å²) in [4.78, 5) is 4.17. The average Bonchev–Trinajstić information content (AvgIpc) is 2.45. The predicted molar refractivity (Wildman–Crippen MR) is 85.7 cm³/mol. The maximum atomic E-state index is 5.88. The molecule has 0 radical (unpaired) electrons. The summed E-state index contributed by atoms with van der Waals surface area (Å²) in [6.45, 7) is 5.00. The van der Waals surface area contributed by atoms with Crippen LogP contribution in [0.15, 0.2) is 30.5 Å². The Kier molecular flexibility index (Phi) is 5.11. The van der Waals surface area contributed by atoms with Gasteiger partial charge < -0.3 is 20.5 Å². The van der Waals surface area contributed by atoms with E-state index in [0.717, 1.165) is 5.69 Å². The first-order chi connectivity index (χ1) is 10.1. The molecule has 0 saturated carbocycles. The Morgan fingerprint density at radius 3 is 2.52 bits per heavy atom. The van der Waals surface area contributed by atoms with Gasteiger partial charge in [0.2, 0.25) is 0 Å². The zero-order valence-corrected chi connectivity index (χ0v) is 12.8. The van der Waals surface area contributed by atoms with Gasteiger partial charge in [-0.05, 0) is 32.0 Å². The lowest BCUT2D eigenvalue weighted by Crippen LogP contribution is -2.01. The van der Waals surface area contributed by atoms with Gasteiger partial charge in [0.1, 0.15) is 0 Å². The summed E-state index contributed by atoms with van der Waals surface area (Å²) in [5.41, 5.74) is 7.17. The minimum Gasteiger partial charge on any atom is -0.490 e. The molecule has 0 aliphatic rings. The van der Waals surface area contributed by atoms with Crippen molar-refractivity contribution in [2.24, 2.45) is 0 Å². The van der Waals surface area contributed by atoms with E-state index in [9.17, 15) is 0 Å². The monoisotopic (exact) mass is 307 g/mol. The smallest absolute Gasteiger partial charge is 0.163 e. The molecule has 2 rings (SSSR count). The number of rotatable bonds is 6. The molecule has 0 saturated heterocycles. The van der Waals surface area contributed by atoms with Crippen molar-refractivity contribution in [2.75, 3.05) is 24.3 Å². The third-order valence-corrected chi connectivity index (χ3v) is 2.90. The number of ether oxygens (including phenoxy) is 2. The fraction of sp³-hybridized carbons (Fsp3) is 0.267. The van der Waals surface area contributed by atoms with Crippen LogP contribution in [-0.4, -0.2) is 18.2 Å². The van der Waals surface area contributed by atoms with Crippen LogP contribution in [0.3, 0.4) is 0 Å². The summed E-state index contributed by atoms with van der Waals surface area (Å²) in [5.74, 6) is 1.94. The fourth-order valence-electron chi connectivity index (χ4n) is 1.82. The molecule has 0 atom stereocenters. The number of aromatic nitrogens is 1. The fourth-order valence-corrected chi connectivity index (χ4v) is 1.99. The van der Waals surface area contributed by atoms with Gasteiger partial charge in [-0.25, -0.2) is 4.98 Å². The average molecular weight is 308 g/mol. The van der Waals surface area contributed by atoms with Crippen LogP contribution in [-0.2, 0) is 0 Å². The second-order valence-electron chi connectivity index (χ2n) is 4.24. The van der Waals surface area contributed by atoms with Crippen LogP contribution >= 0.6 is 11.6 Å². The third kappa shape index (κ3) is 3.92. The molecule has 6 heteroatoms. The normalized spacial score (nSPS) is 10.2. The highest BCUT2D eigenvalue weighted by atomic mass is 35.5. The van der Waals surface area contributed by atoms with Gasteiger partial charge in [0.15, 0.2) is 17.3 Å². The molecular weight excluding hydrogens is 290 g/mol. The maximum absolute atomic E-state index is 5.88. The number of nitrogens with one attached hydrogen (secondary N) is 1. The summed E-state index contributed by atoms with van der Waals surface area (Å²) < 4.78 is 11.1. The number of nitrogens with zero attached hydrogens (tertiary/aromatic N) is 1. The zero-order valence-electron chi connectivity index (χ0n) is 12.0. The van der Waals surface area contributed by atoms with Crippen LogP contribution in [0.5, 0.6) is 11.5 Å². The minimum atomic E-state index is 0.481. The Bertz CT molecular complexity index is 620. The second-order valence-corrected chi connectivity index (χ2v) is 4.68. The summed E-state index contributed by atoms with van der Waals surface area (Å²) in [7, 11) is 0. The van der Waals surface area contributed by atoms with Crippen LogP contribution in [0, 0.1) is 0 Å². The first-order valence-electron chi connectivity index (χ1n) is 6.71.